The van der Waals surface area contributed by atoms with Gasteiger partial charge in [0, 0.05) is 6.07 Å². The molecule has 2 unspecified atom stereocenters. The van der Waals surface area contributed by atoms with E-state index in [0.29, 0.717) is 11.3 Å². The first-order valence-electron chi connectivity index (χ1n) is 8.82. The van der Waals surface area contributed by atoms with Gasteiger partial charge in [-0.1, -0.05) is 6.07 Å². The van der Waals surface area contributed by atoms with E-state index in [9.17, 15) is 20.0 Å². The zero-order valence-corrected chi connectivity index (χ0v) is 16.8. The summed E-state index contributed by atoms with van der Waals surface area (Å²) in [6.07, 6.45) is 0. The first kappa shape index (κ1) is 21.2. The van der Waals surface area contributed by atoms with Crippen molar-refractivity contribution in [1.29, 1.82) is 0 Å². The number of nitrogens with zero attached hydrogens (tertiary/aromatic N) is 1. The molecule has 1 fully saturated rings. The third-order valence-electron chi connectivity index (χ3n) is 5.04. The lowest BCUT2D eigenvalue weighted by molar-refractivity contribution is -0.385. The quantitative estimate of drug-likeness (QED) is 0.408. The number of methoxy groups -OCH3 is 4. The second-order valence-electron chi connectivity index (χ2n) is 6.57. The third kappa shape index (κ3) is 3.35. The number of cyclic esters (lactones) is 1. The Hall–Kier alpha value is -3.53. The van der Waals surface area contributed by atoms with Crippen LogP contribution in [-0.2, 0) is 15.1 Å². The van der Waals surface area contributed by atoms with E-state index in [1.165, 1.54) is 58.8 Å². The molecule has 10 nitrogen and oxygen atoms in total. The van der Waals surface area contributed by atoms with E-state index in [1.807, 2.05) is 0 Å². The zero-order chi connectivity index (χ0) is 22.1. The molecular formula is C20H21NO9. The first-order valence-corrected chi connectivity index (χ1v) is 8.82. The summed E-state index contributed by atoms with van der Waals surface area (Å²) in [4.78, 5) is 23.4. The largest absolute Gasteiger partial charge is 0.493 e. The van der Waals surface area contributed by atoms with E-state index in [0.717, 1.165) is 0 Å². The Balaban J connectivity index is 2.17. The summed E-state index contributed by atoms with van der Waals surface area (Å²) in [5.41, 5.74) is -1.72. The molecule has 2 aromatic rings. The van der Waals surface area contributed by atoms with Crippen LogP contribution in [0.15, 0.2) is 30.3 Å². The number of esters is 1. The number of aliphatic hydroxyl groups is 1. The van der Waals surface area contributed by atoms with Crippen LogP contribution in [0.5, 0.6) is 23.0 Å². The lowest BCUT2D eigenvalue weighted by Crippen LogP contribution is -2.34. The number of nitro groups is 1. The van der Waals surface area contributed by atoms with Gasteiger partial charge in [-0.05, 0) is 29.3 Å². The fraction of sp³-hybridized carbons (Fsp3) is 0.350. The molecule has 1 N–H and O–H groups in total. The molecule has 3 rings (SSSR count). The summed E-state index contributed by atoms with van der Waals surface area (Å²) in [6.45, 7) is -0.378. The van der Waals surface area contributed by atoms with Gasteiger partial charge in [-0.2, -0.15) is 0 Å². The maximum atomic E-state index is 12.6. The van der Waals surface area contributed by atoms with Crippen LogP contribution in [0.4, 0.5) is 5.69 Å². The van der Waals surface area contributed by atoms with Gasteiger partial charge in [-0.25, -0.2) is 0 Å². The Kier molecular flexibility index (Phi) is 5.70. The van der Waals surface area contributed by atoms with Crippen LogP contribution in [-0.4, -0.2) is 51.0 Å². The van der Waals surface area contributed by atoms with Crippen molar-refractivity contribution >= 4 is 11.7 Å². The Morgan fingerprint density at radius 2 is 1.63 bits per heavy atom. The fourth-order valence-corrected chi connectivity index (χ4v) is 3.57. The van der Waals surface area contributed by atoms with Gasteiger partial charge in [-0.3, -0.25) is 14.9 Å². The number of ether oxygens (including phenoxy) is 5. The SMILES string of the molecule is COc1ccc(C2(O)COC(=O)C2c2cc(OC)c(OC)c(OC)c2)cc1[N+](=O)[O-]. The normalized spacial score (nSPS) is 20.4. The summed E-state index contributed by atoms with van der Waals surface area (Å²) in [5.74, 6) is -0.950. The highest BCUT2D eigenvalue weighted by molar-refractivity contribution is 5.83. The second kappa shape index (κ2) is 8.07. The molecule has 1 heterocycles. The number of hydrogen-bond acceptors (Lipinski definition) is 9. The Bertz CT molecular complexity index is 965. The summed E-state index contributed by atoms with van der Waals surface area (Å²) in [7, 11) is 5.59. The highest BCUT2D eigenvalue weighted by Gasteiger charge is 2.52. The van der Waals surface area contributed by atoms with Crippen molar-refractivity contribution in [3.05, 3.63) is 51.6 Å². The molecule has 0 amide bonds. The molecule has 10 heteroatoms. The van der Waals surface area contributed by atoms with Crippen molar-refractivity contribution in [2.24, 2.45) is 0 Å². The van der Waals surface area contributed by atoms with Crippen molar-refractivity contribution in [2.75, 3.05) is 35.0 Å². The number of nitro benzene ring substituents is 1. The molecule has 1 aliphatic heterocycles. The molecule has 0 radical (unpaired) electrons. The standard InChI is InChI=1S/C20H21NO9/c1-26-14-6-5-12(9-13(14)21(24)25)20(23)10-30-19(22)17(20)11-7-15(27-2)18(29-4)16(8-11)28-3/h5-9,17,23H,10H2,1-4H3. The van der Waals surface area contributed by atoms with E-state index < -0.39 is 22.4 Å². The zero-order valence-electron chi connectivity index (χ0n) is 16.8. The van der Waals surface area contributed by atoms with Crippen molar-refractivity contribution in [1.82, 2.24) is 0 Å². The number of rotatable bonds is 7. The molecule has 0 saturated carbocycles. The molecule has 0 aliphatic carbocycles. The monoisotopic (exact) mass is 419 g/mol. The minimum absolute atomic E-state index is 0.0296. The van der Waals surface area contributed by atoms with Crippen molar-refractivity contribution in [2.45, 2.75) is 11.5 Å². The summed E-state index contributed by atoms with van der Waals surface area (Å²) >= 11 is 0. The van der Waals surface area contributed by atoms with E-state index in [4.69, 9.17) is 23.7 Å². The molecule has 0 bridgehead atoms. The average molecular weight is 419 g/mol. The molecular weight excluding hydrogens is 398 g/mol. The Morgan fingerprint density at radius 3 is 2.13 bits per heavy atom. The Morgan fingerprint density at radius 1 is 1.03 bits per heavy atom. The highest BCUT2D eigenvalue weighted by Crippen LogP contribution is 2.48. The molecule has 1 aliphatic rings. The molecule has 2 atom stereocenters. The van der Waals surface area contributed by atoms with Crippen LogP contribution in [0.25, 0.3) is 0 Å². The van der Waals surface area contributed by atoms with Gasteiger partial charge in [-0.15, -0.1) is 0 Å². The summed E-state index contributed by atoms with van der Waals surface area (Å²) < 4.78 is 26.1. The van der Waals surface area contributed by atoms with Crippen LogP contribution in [0, 0.1) is 10.1 Å². The third-order valence-corrected chi connectivity index (χ3v) is 5.04. The fourth-order valence-electron chi connectivity index (χ4n) is 3.57. The molecule has 0 spiro atoms. The molecule has 0 aromatic heterocycles. The molecule has 1 saturated heterocycles. The van der Waals surface area contributed by atoms with Gasteiger partial charge < -0.3 is 28.8 Å². The van der Waals surface area contributed by atoms with E-state index in [-0.39, 0.29) is 35.1 Å². The van der Waals surface area contributed by atoms with Crippen LogP contribution >= 0.6 is 0 Å². The molecule has 30 heavy (non-hydrogen) atoms. The highest BCUT2D eigenvalue weighted by atomic mass is 16.6. The summed E-state index contributed by atoms with van der Waals surface area (Å²) in [5, 5.41) is 22.9. The van der Waals surface area contributed by atoms with Crippen molar-refractivity contribution < 1.29 is 38.5 Å². The predicted octanol–water partition coefficient (Wildman–Crippen LogP) is 2.16. The predicted molar refractivity (Wildman–Crippen MR) is 103 cm³/mol. The lowest BCUT2D eigenvalue weighted by atomic mass is 9.79. The van der Waals surface area contributed by atoms with E-state index in [2.05, 4.69) is 0 Å². The minimum Gasteiger partial charge on any atom is -0.493 e. The topological polar surface area (TPSA) is 127 Å². The Labute approximate surface area is 172 Å². The lowest BCUT2D eigenvalue weighted by Gasteiger charge is -2.27. The second-order valence-corrected chi connectivity index (χ2v) is 6.57. The van der Waals surface area contributed by atoms with Gasteiger partial charge in [0.05, 0.1) is 33.4 Å². The summed E-state index contributed by atoms with van der Waals surface area (Å²) in [6, 6.07) is 7.05. The van der Waals surface area contributed by atoms with Gasteiger partial charge in [0.1, 0.15) is 18.1 Å². The smallest absolute Gasteiger partial charge is 0.317 e. The maximum Gasteiger partial charge on any atom is 0.317 e. The van der Waals surface area contributed by atoms with Crippen LogP contribution in [0.1, 0.15) is 17.0 Å². The van der Waals surface area contributed by atoms with Crippen LogP contribution in [0.3, 0.4) is 0 Å². The number of hydrogen-bond donors (Lipinski definition) is 1. The minimum atomic E-state index is -1.86. The number of benzene rings is 2. The number of carbonyl (C=O) groups excluding carboxylic acids is 1. The maximum absolute atomic E-state index is 12.6. The van der Waals surface area contributed by atoms with E-state index >= 15 is 0 Å². The van der Waals surface area contributed by atoms with Crippen LogP contribution < -0.4 is 18.9 Å². The molecule has 2 aromatic carbocycles. The number of carbonyl (C=O) groups is 1. The van der Waals surface area contributed by atoms with Crippen LogP contribution in [0.2, 0.25) is 0 Å². The van der Waals surface area contributed by atoms with E-state index in [1.54, 1.807) is 0 Å². The van der Waals surface area contributed by atoms with Gasteiger partial charge in [0.15, 0.2) is 17.2 Å². The van der Waals surface area contributed by atoms with Crippen molar-refractivity contribution in [3.63, 3.8) is 0 Å². The van der Waals surface area contributed by atoms with Gasteiger partial charge in [0.2, 0.25) is 5.75 Å². The van der Waals surface area contributed by atoms with Gasteiger partial charge >= 0.3 is 11.7 Å². The van der Waals surface area contributed by atoms with Crippen molar-refractivity contribution in [3.8, 4) is 23.0 Å². The molecule has 160 valence electrons. The van der Waals surface area contributed by atoms with Gasteiger partial charge in [0.25, 0.3) is 0 Å². The average Bonchev–Trinajstić information content (AvgIpc) is 3.07. The first-order chi connectivity index (χ1) is 14.3.